The zero-order chi connectivity index (χ0) is 12.2. The first kappa shape index (κ1) is 13.5. The number of amides is 1. The van der Waals surface area contributed by atoms with Crippen molar-refractivity contribution in [1.29, 1.82) is 0 Å². The summed E-state index contributed by atoms with van der Waals surface area (Å²) in [5.41, 5.74) is 0.534. The Morgan fingerprint density at radius 1 is 1.62 bits per heavy atom. The Bertz CT molecular complexity index is 363. The fourth-order valence-electron chi connectivity index (χ4n) is 1.22. The van der Waals surface area contributed by atoms with E-state index in [0.29, 0.717) is 18.1 Å². The summed E-state index contributed by atoms with van der Waals surface area (Å²) in [5.74, 6) is 0.505. The monoisotopic (exact) mass is 260 g/mol. The van der Waals surface area contributed by atoms with Gasteiger partial charge in [0.1, 0.15) is 5.69 Å². The minimum Gasteiger partial charge on any atom is -0.350 e. The standard InChI is InChI=1S/C11H17ClN2OS/c1-8-14-9(6-16-8)10(15)13-7-11(2,3)4-5-12/h6H,4-5,7H2,1-3H3,(H,13,15). The Hall–Kier alpha value is -0.610. The lowest BCUT2D eigenvalue weighted by Crippen LogP contribution is -2.34. The van der Waals surface area contributed by atoms with Crippen LogP contribution in [-0.4, -0.2) is 23.3 Å². The minimum atomic E-state index is -0.105. The number of nitrogens with zero attached hydrogens (tertiary/aromatic N) is 1. The van der Waals surface area contributed by atoms with E-state index in [-0.39, 0.29) is 11.3 Å². The van der Waals surface area contributed by atoms with Gasteiger partial charge in [-0.15, -0.1) is 22.9 Å². The number of alkyl halides is 1. The maximum atomic E-state index is 11.7. The summed E-state index contributed by atoms with van der Waals surface area (Å²) in [6.45, 7) is 6.68. The SMILES string of the molecule is Cc1nc(C(=O)NCC(C)(C)CCCl)cs1. The highest BCUT2D eigenvalue weighted by Gasteiger charge is 2.19. The van der Waals surface area contributed by atoms with Gasteiger partial charge in [0.05, 0.1) is 5.01 Å². The molecule has 0 bridgehead atoms. The lowest BCUT2D eigenvalue weighted by atomic mass is 9.90. The van der Waals surface area contributed by atoms with Crippen LogP contribution in [0.2, 0.25) is 0 Å². The molecule has 0 unspecified atom stereocenters. The summed E-state index contributed by atoms with van der Waals surface area (Å²) in [4.78, 5) is 15.8. The molecule has 1 amide bonds. The van der Waals surface area contributed by atoms with Gasteiger partial charge >= 0.3 is 0 Å². The van der Waals surface area contributed by atoms with Crippen LogP contribution in [0.15, 0.2) is 5.38 Å². The molecular formula is C11H17ClN2OS. The molecule has 1 aromatic rings. The molecule has 5 heteroatoms. The third kappa shape index (κ3) is 4.10. The molecule has 0 aliphatic rings. The predicted octanol–water partition coefficient (Wildman–Crippen LogP) is 2.84. The smallest absolute Gasteiger partial charge is 0.270 e. The number of carbonyl (C=O) groups is 1. The van der Waals surface area contributed by atoms with Gasteiger partial charge in [0.15, 0.2) is 0 Å². The number of thiazole rings is 1. The number of halogens is 1. The van der Waals surface area contributed by atoms with Crippen LogP contribution in [0, 0.1) is 12.3 Å². The van der Waals surface area contributed by atoms with Crippen LogP contribution in [0.4, 0.5) is 0 Å². The molecule has 0 aliphatic heterocycles. The predicted molar refractivity (Wildman–Crippen MR) is 68.3 cm³/mol. The second kappa shape index (κ2) is 5.64. The van der Waals surface area contributed by atoms with E-state index in [1.165, 1.54) is 11.3 Å². The molecule has 0 saturated heterocycles. The second-order valence-electron chi connectivity index (χ2n) is 4.54. The Morgan fingerprint density at radius 3 is 2.81 bits per heavy atom. The number of aryl methyl sites for hydroxylation is 1. The molecule has 0 fully saturated rings. The molecule has 1 heterocycles. The third-order valence-electron chi connectivity index (χ3n) is 2.35. The number of hydrogen-bond donors (Lipinski definition) is 1. The topological polar surface area (TPSA) is 42.0 Å². The maximum absolute atomic E-state index is 11.7. The van der Waals surface area contributed by atoms with Gasteiger partial charge in [0, 0.05) is 17.8 Å². The lowest BCUT2D eigenvalue weighted by Gasteiger charge is -2.23. The van der Waals surface area contributed by atoms with Crippen LogP contribution < -0.4 is 5.32 Å². The summed E-state index contributed by atoms with van der Waals surface area (Å²) in [5, 5.41) is 5.57. The Labute approximate surface area is 105 Å². The van der Waals surface area contributed by atoms with Gasteiger partial charge in [-0.3, -0.25) is 4.79 Å². The van der Waals surface area contributed by atoms with E-state index in [0.717, 1.165) is 11.4 Å². The van der Waals surface area contributed by atoms with Crippen LogP contribution >= 0.6 is 22.9 Å². The third-order valence-corrected chi connectivity index (χ3v) is 3.31. The molecule has 16 heavy (non-hydrogen) atoms. The number of rotatable bonds is 5. The van der Waals surface area contributed by atoms with Crippen molar-refractivity contribution in [2.24, 2.45) is 5.41 Å². The van der Waals surface area contributed by atoms with E-state index in [1.54, 1.807) is 5.38 Å². The lowest BCUT2D eigenvalue weighted by molar-refractivity contribution is 0.0931. The molecular weight excluding hydrogens is 244 g/mol. The van der Waals surface area contributed by atoms with Gasteiger partial charge in [-0.2, -0.15) is 0 Å². The van der Waals surface area contributed by atoms with Gasteiger partial charge in [0.25, 0.3) is 5.91 Å². The zero-order valence-corrected chi connectivity index (χ0v) is 11.4. The molecule has 1 N–H and O–H groups in total. The number of hydrogen-bond acceptors (Lipinski definition) is 3. The van der Waals surface area contributed by atoms with E-state index in [9.17, 15) is 4.79 Å². The second-order valence-corrected chi connectivity index (χ2v) is 5.98. The molecule has 0 aromatic carbocycles. The molecule has 3 nitrogen and oxygen atoms in total. The van der Waals surface area contributed by atoms with Crippen molar-refractivity contribution < 1.29 is 4.79 Å². The fourth-order valence-corrected chi connectivity index (χ4v) is 2.33. The van der Waals surface area contributed by atoms with Gasteiger partial charge in [-0.1, -0.05) is 13.8 Å². The van der Waals surface area contributed by atoms with Gasteiger partial charge < -0.3 is 5.32 Å². The Balaban J connectivity index is 2.47. The van der Waals surface area contributed by atoms with Crippen molar-refractivity contribution in [3.8, 4) is 0 Å². The average Bonchev–Trinajstić information content (AvgIpc) is 2.61. The van der Waals surface area contributed by atoms with E-state index in [4.69, 9.17) is 11.6 Å². The van der Waals surface area contributed by atoms with Crippen LogP contribution in [0.5, 0.6) is 0 Å². The van der Waals surface area contributed by atoms with E-state index in [2.05, 4.69) is 24.1 Å². The first-order valence-electron chi connectivity index (χ1n) is 5.21. The molecule has 90 valence electrons. The summed E-state index contributed by atoms with van der Waals surface area (Å²) in [6.07, 6.45) is 0.880. The van der Waals surface area contributed by atoms with Crippen molar-refractivity contribution in [2.45, 2.75) is 27.2 Å². The van der Waals surface area contributed by atoms with Crippen LogP contribution in [0.25, 0.3) is 0 Å². The van der Waals surface area contributed by atoms with Crippen LogP contribution in [0.3, 0.4) is 0 Å². The van der Waals surface area contributed by atoms with Crippen molar-refractivity contribution >= 4 is 28.8 Å². The van der Waals surface area contributed by atoms with Gasteiger partial charge in [-0.05, 0) is 18.8 Å². The Kier molecular flexibility index (Phi) is 4.74. The van der Waals surface area contributed by atoms with E-state index < -0.39 is 0 Å². The highest BCUT2D eigenvalue weighted by atomic mass is 35.5. The normalized spacial score (nSPS) is 11.5. The largest absolute Gasteiger partial charge is 0.350 e. The Morgan fingerprint density at radius 2 is 2.31 bits per heavy atom. The van der Waals surface area contributed by atoms with Gasteiger partial charge in [0.2, 0.25) is 0 Å². The summed E-state index contributed by atoms with van der Waals surface area (Å²) >= 11 is 7.18. The quantitative estimate of drug-likeness (QED) is 0.828. The highest BCUT2D eigenvalue weighted by molar-refractivity contribution is 7.09. The summed E-state index contributed by atoms with van der Waals surface area (Å²) < 4.78 is 0. The maximum Gasteiger partial charge on any atom is 0.270 e. The number of carbonyl (C=O) groups excluding carboxylic acids is 1. The van der Waals surface area contributed by atoms with Crippen molar-refractivity contribution in [1.82, 2.24) is 10.3 Å². The average molecular weight is 261 g/mol. The molecule has 0 radical (unpaired) electrons. The van der Waals surface area contributed by atoms with Gasteiger partial charge in [-0.25, -0.2) is 4.98 Å². The molecule has 0 spiro atoms. The van der Waals surface area contributed by atoms with Crippen LogP contribution in [-0.2, 0) is 0 Å². The molecule has 0 atom stereocenters. The molecule has 0 aliphatic carbocycles. The van der Waals surface area contributed by atoms with Crippen molar-refractivity contribution in [2.75, 3.05) is 12.4 Å². The molecule has 1 aromatic heterocycles. The van der Waals surface area contributed by atoms with E-state index >= 15 is 0 Å². The zero-order valence-electron chi connectivity index (χ0n) is 9.84. The molecule has 0 saturated carbocycles. The van der Waals surface area contributed by atoms with Crippen molar-refractivity contribution in [3.63, 3.8) is 0 Å². The number of nitrogens with one attached hydrogen (secondary N) is 1. The summed E-state index contributed by atoms with van der Waals surface area (Å²) in [7, 11) is 0. The summed E-state index contributed by atoms with van der Waals surface area (Å²) in [6, 6.07) is 0. The van der Waals surface area contributed by atoms with Crippen LogP contribution in [0.1, 0.15) is 35.8 Å². The minimum absolute atomic E-state index is 0.0302. The first-order chi connectivity index (χ1) is 7.44. The highest BCUT2D eigenvalue weighted by Crippen LogP contribution is 2.19. The molecule has 1 rings (SSSR count). The fraction of sp³-hybridized carbons (Fsp3) is 0.636. The van der Waals surface area contributed by atoms with E-state index in [1.807, 2.05) is 6.92 Å². The number of aromatic nitrogens is 1. The first-order valence-corrected chi connectivity index (χ1v) is 6.62. The van der Waals surface area contributed by atoms with Crippen molar-refractivity contribution in [3.05, 3.63) is 16.1 Å².